The number of halogens is 1. The number of esters is 2. The van der Waals surface area contributed by atoms with Crippen LogP contribution in [0.5, 0.6) is 0 Å². The quantitative estimate of drug-likeness (QED) is 0.466. The summed E-state index contributed by atoms with van der Waals surface area (Å²) in [4.78, 5) is 21.1. The van der Waals surface area contributed by atoms with Crippen LogP contribution in [-0.2, 0) is 19.1 Å². The van der Waals surface area contributed by atoms with Gasteiger partial charge in [-0.3, -0.25) is 0 Å². The molecule has 0 unspecified atom stereocenters. The van der Waals surface area contributed by atoms with Gasteiger partial charge in [-0.2, -0.15) is 0 Å². The van der Waals surface area contributed by atoms with Crippen molar-refractivity contribution in [2.45, 2.75) is 6.92 Å². The standard InChI is InChI=1S/C7H9FO4/c1-2-11-6(9)7(10)12-5-3-4-8/h3-4H,2,5H2,1H3/b4-3-. The lowest BCUT2D eigenvalue weighted by atomic mass is 10.6. The van der Waals surface area contributed by atoms with Crippen LogP contribution in [0.3, 0.4) is 0 Å². The van der Waals surface area contributed by atoms with Crippen LogP contribution in [0.2, 0.25) is 0 Å². The second-order valence-corrected chi connectivity index (χ2v) is 1.68. The van der Waals surface area contributed by atoms with E-state index in [0.29, 0.717) is 0 Å². The summed E-state index contributed by atoms with van der Waals surface area (Å²) in [7, 11) is 0. The first kappa shape index (κ1) is 10.6. The van der Waals surface area contributed by atoms with Gasteiger partial charge < -0.3 is 9.47 Å². The Morgan fingerprint density at radius 3 is 2.42 bits per heavy atom. The van der Waals surface area contributed by atoms with E-state index >= 15 is 0 Å². The minimum absolute atomic E-state index is 0.104. The average molecular weight is 176 g/mol. The Kier molecular flexibility index (Phi) is 5.60. The van der Waals surface area contributed by atoms with Crippen LogP contribution in [0, 0.1) is 0 Å². The van der Waals surface area contributed by atoms with Crippen molar-refractivity contribution in [1.82, 2.24) is 0 Å². The molecular formula is C7H9FO4. The van der Waals surface area contributed by atoms with E-state index in [0.717, 1.165) is 6.08 Å². The fourth-order valence-electron chi connectivity index (χ4n) is 0.409. The molecule has 0 aliphatic rings. The van der Waals surface area contributed by atoms with Gasteiger partial charge in [-0.1, -0.05) is 0 Å². The van der Waals surface area contributed by atoms with Gasteiger partial charge in [0.05, 0.1) is 12.9 Å². The largest absolute Gasteiger partial charge is 0.458 e. The molecular weight excluding hydrogens is 167 g/mol. The predicted octanol–water partition coefficient (Wildman–Crippen LogP) is 0.576. The van der Waals surface area contributed by atoms with Crippen molar-refractivity contribution >= 4 is 11.9 Å². The van der Waals surface area contributed by atoms with Crippen molar-refractivity contribution in [1.29, 1.82) is 0 Å². The number of hydrogen-bond donors (Lipinski definition) is 0. The summed E-state index contributed by atoms with van der Waals surface area (Å²) in [5.74, 6) is -2.18. The Morgan fingerprint density at radius 2 is 1.92 bits per heavy atom. The number of carbonyl (C=O) groups is 2. The molecule has 0 atom stereocenters. The number of carbonyl (C=O) groups excluding carboxylic acids is 2. The highest BCUT2D eigenvalue weighted by Gasteiger charge is 2.15. The van der Waals surface area contributed by atoms with Crippen molar-refractivity contribution < 1.29 is 23.5 Å². The van der Waals surface area contributed by atoms with Crippen molar-refractivity contribution in [3.8, 4) is 0 Å². The predicted molar refractivity (Wildman–Crippen MR) is 37.8 cm³/mol. The van der Waals surface area contributed by atoms with E-state index in [4.69, 9.17) is 0 Å². The van der Waals surface area contributed by atoms with Gasteiger partial charge >= 0.3 is 11.9 Å². The van der Waals surface area contributed by atoms with Crippen molar-refractivity contribution in [2.75, 3.05) is 13.2 Å². The van der Waals surface area contributed by atoms with Crippen LogP contribution in [0.25, 0.3) is 0 Å². The molecule has 12 heavy (non-hydrogen) atoms. The highest BCUT2D eigenvalue weighted by Crippen LogP contribution is 1.85. The zero-order chi connectivity index (χ0) is 9.40. The van der Waals surface area contributed by atoms with Gasteiger partial charge in [0, 0.05) is 0 Å². The molecule has 0 saturated carbocycles. The van der Waals surface area contributed by atoms with E-state index < -0.39 is 11.9 Å². The molecule has 0 saturated heterocycles. The Bertz CT molecular complexity index is 188. The SMILES string of the molecule is CCOC(=O)C(=O)OC/C=C\F. The summed E-state index contributed by atoms with van der Waals surface area (Å²) in [5, 5.41) is 0. The first-order chi connectivity index (χ1) is 5.72. The van der Waals surface area contributed by atoms with Gasteiger partial charge in [-0.05, 0) is 13.0 Å². The molecule has 0 aromatic heterocycles. The Labute approximate surface area is 69.0 Å². The lowest BCUT2D eigenvalue weighted by Crippen LogP contribution is -2.20. The zero-order valence-electron chi connectivity index (χ0n) is 6.58. The lowest BCUT2D eigenvalue weighted by Gasteiger charge is -1.99. The minimum Gasteiger partial charge on any atom is -0.458 e. The maximum absolute atomic E-state index is 11.3. The van der Waals surface area contributed by atoms with E-state index in [-0.39, 0.29) is 19.5 Å². The first-order valence-corrected chi connectivity index (χ1v) is 3.31. The Hall–Kier alpha value is -1.39. The molecule has 5 heteroatoms. The summed E-state index contributed by atoms with van der Waals surface area (Å²) < 4.78 is 19.9. The summed E-state index contributed by atoms with van der Waals surface area (Å²) in [6, 6.07) is 0. The van der Waals surface area contributed by atoms with E-state index in [1.54, 1.807) is 6.92 Å². The molecule has 0 N–H and O–H groups in total. The molecule has 0 fully saturated rings. The fraction of sp³-hybridized carbons (Fsp3) is 0.429. The fourth-order valence-corrected chi connectivity index (χ4v) is 0.409. The number of ether oxygens (including phenoxy) is 2. The molecule has 0 radical (unpaired) electrons. The molecule has 0 spiro atoms. The molecule has 0 aromatic rings. The van der Waals surface area contributed by atoms with Crippen LogP contribution in [0.15, 0.2) is 12.4 Å². The molecule has 68 valence electrons. The second kappa shape index (κ2) is 6.33. The third-order valence-electron chi connectivity index (χ3n) is 0.842. The van der Waals surface area contributed by atoms with Crippen molar-refractivity contribution in [3.05, 3.63) is 12.4 Å². The summed E-state index contributed by atoms with van der Waals surface area (Å²) in [5.41, 5.74) is 0. The van der Waals surface area contributed by atoms with Crippen LogP contribution >= 0.6 is 0 Å². The monoisotopic (exact) mass is 176 g/mol. The van der Waals surface area contributed by atoms with Crippen molar-refractivity contribution in [2.24, 2.45) is 0 Å². The highest BCUT2D eigenvalue weighted by atomic mass is 19.1. The van der Waals surface area contributed by atoms with Gasteiger partial charge in [-0.15, -0.1) is 0 Å². The van der Waals surface area contributed by atoms with Crippen LogP contribution in [-0.4, -0.2) is 25.2 Å². The zero-order valence-corrected chi connectivity index (χ0v) is 6.58. The topological polar surface area (TPSA) is 52.6 Å². The third kappa shape index (κ3) is 4.43. The molecule has 0 aromatic carbocycles. The summed E-state index contributed by atoms with van der Waals surface area (Å²) in [6.07, 6.45) is 1.18. The molecule has 0 rings (SSSR count). The van der Waals surface area contributed by atoms with Gasteiger partial charge in [-0.25, -0.2) is 14.0 Å². The van der Waals surface area contributed by atoms with Gasteiger partial charge in [0.2, 0.25) is 0 Å². The van der Waals surface area contributed by atoms with Gasteiger partial charge in [0.25, 0.3) is 0 Å². The number of rotatable bonds is 3. The molecule has 4 nitrogen and oxygen atoms in total. The Morgan fingerprint density at radius 1 is 1.33 bits per heavy atom. The molecule has 0 amide bonds. The Balaban J connectivity index is 3.64. The van der Waals surface area contributed by atoms with Gasteiger partial charge in [0.15, 0.2) is 0 Å². The molecule has 0 heterocycles. The maximum atomic E-state index is 11.3. The van der Waals surface area contributed by atoms with E-state index in [1.165, 1.54) is 0 Å². The van der Waals surface area contributed by atoms with Crippen LogP contribution in [0.4, 0.5) is 4.39 Å². The van der Waals surface area contributed by atoms with E-state index in [9.17, 15) is 14.0 Å². The number of hydrogen-bond acceptors (Lipinski definition) is 4. The third-order valence-corrected chi connectivity index (χ3v) is 0.842. The normalized spacial score (nSPS) is 9.83. The van der Waals surface area contributed by atoms with Crippen LogP contribution in [0.1, 0.15) is 6.92 Å². The van der Waals surface area contributed by atoms with Gasteiger partial charge in [0.1, 0.15) is 6.61 Å². The molecule has 0 aliphatic heterocycles. The highest BCUT2D eigenvalue weighted by molar-refractivity contribution is 6.29. The minimum atomic E-state index is -1.12. The molecule has 0 bridgehead atoms. The second-order valence-electron chi connectivity index (χ2n) is 1.68. The summed E-state index contributed by atoms with van der Waals surface area (Å²) in [6.45, 7) is 1.40. The maximum Gasteiger partial charge on any atom is 0.417 e. The van der Waals surface area contributed by atoms with E-state index in [1.807, 2.05) is 0 Å². The van der Waals surface area contributed by atoms with E-state index in [2.05, 4.69) is 9.47 Å². The smallest absolute Gasteiger partial charge is 0.417 e. The lowest BCUT2D eigenvalue weighted by molar-refractivity contribution is -0.166. The van der Waals surface area contributed by atoms with Crippen LogP contribution < -0.4 is 0 Å². The van der Waals surface area contributed by atoms with Crippen molar-refractivity contribution in [3.63, 3.8) is 0 Å². The average Bonchev–Trinajstić information content (AvgIpc) is 2.05. The first-order valence-electron chi connectivity index (χ1n) is 3.31. The summed E-state index contributed by atoms with van der Waals surface area (Å²) >= 11 is 0. The molecule has 0 aliphatic carbocycles.